The molecule has 2 aromatic carbocycles. The summed E-state index contributed by atoms with van der Waals surface area (Å²) in [5, 5.41) is 20.3. The number of allylic oxidation sites excluding steroid dienone is 1. The molecule has 0 aliphatic heterocycles. The van der Waals surface area contributed by atoms with Gasteiger partial charge < -0.3 is 13.9 Å². The number of methoxy groups -OCH3 is 2. The van der Waals surface area contributed by atoms with Crippen molar-refractivity contribution in [3.8, 4) is 28.9 Å². The first-order valence-corrected chi connectivity index (χ1v) is 8.24. The second-order valence-electron chi connectivity index (χ2n) is 5.75. The number of nitro benzene ring substituents is 1. The van der Waals surface area contributed by atoms with Crippen LogP contribution in [-0.4, -0.2) is 19.1 Å². The second-order valence-corrected chi connectivity index (χ2v) is 5.75. The molecule has 7 heteroatoms. The third-order valence-electron chi connectivity index (χ3n) is 4.09. The SMILES string of the molecule is COc1ccc(C(C#N)=Cc2ccc(-c3ccc([N+](=O)[O-])cc3)o2)cc1OC. The van der Waals surface area contributed by atoms with Crippen molar-refractivity contribution >= 4 is 17.3 Å². The molecule has 7 nitrogen and oxygen atoms in total. The van der Waals surface area contributed by atoms with E-state index >= 15 is 0 Å². The number of non-ortho nitro benzene ring substituents is 1. The quantitative estimate of drug-likeness (QED) is 0.343. The molecule has 140 valence electrons. The Morgan fingerprint density at radius 1 is 1.07 bits per heavy atom. The summed E-state index contributed by atoms with van der Waals surface area (Å²) in [5.41, 5.74) is 1.77. The summed E-state index contributed by atoms with van der Waals surface area (Å²) < 4.78 is 16.3. The van der Waals surface area contributed by atoms with Crippen LogP contribution < -0.4 is 9.47 Å². The maximum absolute atomic E-state index is 10.8. The molecule has 0 fully saturated rings. The minimum absolute atomic E-state index is 0.00986. The Morgan fingerprint density at radius 2 is 1.79 bits per heavy atom. The molecule has 1 heterocycles. The zero-order valence-electron chi connectivity index (χ0n) is 15.2. The van der Waals surface area contributed by atoms with Crippen molar-refractivity contribution in [1.82, 2.24) is 0 Å². The van der Waals surface area contributed by atoms with Crippen molar-refractivity contribution in [2.24, 2.45) is 0 Å². The third kappa shape index (κ3) is 3.86. The Bertz CT molecular complexity index is 1070. The van der Waals surface area contributed by atoms with Gasteiger partial charge in [-0.2, -0.15) is 5.26 Å². The van der Waals surface area contributed by atoms with Gasteiger partial charge in [0.15, 0.2) is 11.5 Å². The smallest absolute Gasteiger partial charge is 0.269 e. The molecule has 0 bridgehead atoms. The maximum atomic E-state index is 10.8. The number of furan rings is 1. The highest BCUT2D eigenvalue weighted by atomic mass is 16.6. The van der Waals surface area contributed by atoms with Gasteiger partial charge in [-0.3, -0.25) is 10.1 Å². The molecule has 0 aliphatic rings. The number of nitro groups is 1. The average molecular weight is 376 g/mol. The molecular formula is C21H16N2O5. The van der Waals surface area contributed by atoms with Crippen LogP contribution in [0.2, 0.25) is 0 Å². The lowest BCUT2D eigenvalue weighted by Gasteiger charge is -2.08. The molecule has 0 saturated heterocycles. The molecule has 1 aromatic heterocycles. The van der Waals surface area contributed by atoms with Gasteiger partial charge in [0.2, 0.25) is 0 Å². The molecule has 0 N–H and O–H groups in total. The summed E-state index contributed by atoms with van der Waals surface area (Å²) in [6, 6.07) is 16.9. The van der Waals surface area contributed by atoms with Gasteiger partial charge in [-0.25, -0.2) is 0 Å². The predicted octanol–water partition coefficient (Wildman–Crippen LogP) is 4.94. The van der Waals surface area contributed by atoms with E-state index in [4.69, 9.17) is 13.9 Å². The topological polar surface area (TPSA) is 98.5 Å². The summed E-state index contributed by atoms with van der Waals surface area (Å²) in [4.78, 5) is 10.3. The molecule has 0 atom stereocenters. The number of ether oxygens (including phenoxy) is 2. The largest absolute Gasteiger partial charge is 0.493 e. The van der Waals surface area contributed by atoms with Crippen LogP contribution in [0.3, 0.4) is 0 Å². The fourth-order valence-corrected chi connectivity index (χ4v) is 2.66. The van der Waals surface area contributed by atoms with E-state index in [-0.39, 0.29) is 5.69 Å². The van der Waals surface area contributed by atoms with Gasteiger partial charge in [0.05, 0.1) is 30.8 Å². The molecular weight excluding hydrogens is 360 g/mol. The monoisotopic (exact) mass is 376 g/mol. The number of benzene rings is 2. The van der Waals surface area contributed by atoms with E-state index in [1.807, 2.05) is 0 Å². The third-order valence-corrected chi connectivity index (χ3v) is 4.09. The van der Waals surface area contributed by atoms with Crippen LogP contribution in [0.4, 0.5) is 5.69 Å². The Balaban J connectivity index is 1.90. The average Bonchev–Trinajstić information content (AvgIpc) is 3.20. The van der Waals surface area contributed by atoms with Crippen molar-refractivity contribution in [3.05, 3.63) is 76.0 Å². The molecule has 0 spiro atoms. The van der Waals surface area contributed by atoms with Crippen LogP contribution in [0.25, 0.3) is 23.0 Å². The molecule has 3 aromatic rings. The zero-order valence-corrected chi connectivity index (χ0v) is 15.2. The molecule has 0 saturated carbocycles. The van der Waals surface area contributed by atoms with Crippen LogP contribution in [0.5, 0.6) is 11.5 Å². The van der Waals surface area contributed by atoms with Gasteiger partial charge in [0, 0.05) is 17.7 Å². The first-order valence-electron chi connectivity index (χ1n) is 8.24. The van der Waals surface area contributed by atoms with Crippen LogP contribution in [0.15, 0.2) is 59.0 Å². The first-order chi connectivity index (χ1) is 13.5. The zero-order chi connectivity index (χ0) is 20.1. The molecule has 3 rings (SSSR count). The number of hydrogen-bond acceptors (Lipinski definition) is 6. The number of nitriles is 1. The molecule has 0 amide bonds. The number of rotatable bonds is 6. The fourth-order valence-electron chi connectivity index (χ4n) is 2.66. The summed E-state index contributed by atoms with van der Waals surface area (Å²) in [5.74, 6) is 2.12. The van der Waals surface area contributed by atoms with Crippen molar-refractivity contribution in [2.45, 2.75) is 0 Å². The van der Waals surface area contributed by atoms with Gasteiger partial charge in [0.1, 0.15) is 11.5 Å². The summed E-state index contributed by atoms with van der Waals surface area (Å²) in [7, 11) is 3.07. The Hall–Kier alpha value is -4.05. The van der Waals surface area contributed by atoms with Gasteiger partial charge in [-0.1, -0.05) is 0 Å². The van der Waals surface area contributed by atoms with Crippen LogP contribution in [-0.2, 0) is 0 Å². The van der Waals surface area contributed by atoms with Gasteiger partial charge >= 0.3 is 0 Å². The van der Waals surface area contributed by atoms with E-state index in [9.17, 15) is 15.4 Å². The molecule has 0 radical (unpaired) electrons. The number of hydrogen-bond donors (Lipinski definition) is 0. The Labute approximate surface area is 161 Å². The van der Waals surface area contributed by atoms with E-state index < -0.39 is 4.92 Å². The highest BCUT2D eigenvalue weighted by Gasteiger charge is 2.11. The molecule has 0 aliphatic carbocycles. The maximum Gasteiger partial charge on any atom is 0.269 e. The molecule has 0 unspecified atom stereocenters. The van der Waals surface area contributed by atoms with Crippen LogP contribution >= 0.6 is 0 Å². The second kappa shape index (κ2) is 8.10. The van der Waals surface area contributed by atoms with E-state index in [2.05, 4.69) is 6.07 Å². The van der Waals surface area contributed by atoms with E-state index in [0.717, 1.165) is 0 Å². The van der Waals surface area contributed by atoms with Gasteiger partial charge in [-0.15, -0.1) is 0 Å². The number of nitrogens with zero attached hydrogens (tertiary/aromatic N) is 2. The van der Waals surface area contributed by atoms with Crippen molar-refractivity contribution < 1.29 is 18.8 Å². The van der Waals surface area contributed by atoms with E-state index in [1.165, 1.54) is 19.2 Å². The fraction of sp³-hybridized carbons (Fsp3) is 0.0952. The Morgan fingerprint density at radius 3 is 2.39 bits per heavy atom. The van der Waals surface area contributed by atoms with Gasteiger partial charge in [-0.05, 0) is 54.1 Å². The highest BCUT2D eigenvalue weighted by Crippen LogP contribution is 2.32. The minimum atomic E-state index is -0.456. The van der Waals surface area contributed by atoms with Gasteiger partial charge in [0.25, 0.3) is 5.69 Å². The first kappa shape index (κ1) is 18.7. The highest BCUT2D eigenvalue weighted by molar-refractivity contribution is 5.89. The standard InChI is InChI=1S/C21H16N2O5/c1-26-20-9-5-15(12-21(20)27-2)16(13-22)11-18-8-10-19(28-18)14-3-6-17(7-4-14)23(24)25/h3-12H,1-2H3. The van der Waals surface area contributed by atoms with Crippen molar-refractivity contribution in [2.75, 3.05) is 14.2 Å². The van der Waals surface area contributed by atoms with Crippen molar-refractivity contribution in [1.29, 1.82) is 5.26 Å². The van der Waals surface area contributed by atoms with Crippen molar-refractivity contribution in [3.63, 3.8) is 0 Å². The lowest BCUT2D eigenvalue weighted by atomic mass is 10.1. The summed E-state index contributed by atoms with van der Waals surface area (Å²) in [6.45, 7) is 0. The Kier molecular flexibility index (Phi) is 5.42. The van der Waals surface area contributed by atoms with E-state index in [0.29, 0.717) is 39.7 Å². The summed E-state index contributed by atoms with van der Waals surface area (Å²) in [6.07, 6.45) is 1.62. The molecule has 28 heavy (non-hydrogen) atoms. The lowest BCUT2D eigenvalue weighted by molar-refractivity contribution is -0.384. The normalized spacial score (nSPS) is 11.0. The van der Waals surface area contributed by atoms with Crippen LogP contribution in [0.1, 0.15) is 11.3 Å². The lowest BCUT2D eigenvalue weighted by Crippen LogP contribution is -1.92. The van der Waals surface area contributed by atoms with E-state index in [1.54, 1.807) is 55.7 Å². The predicted molar refractivity (Wildman–Crippen MR) is 104 cm³/mol. The van der Waals surface area contributed by atoms with Crippen LogP contribution in [0, 0.1) is 21.4 Å². The summed E-state index contributed by atoms with van der Waals surface area (Å²) >= 11 is 0. The minimum Gasteiger partial charge on any atom is -0.493 e.